The van der Waals surface area contributed by atoms with Crippen LogP contribution in [0.2, 0.25) is 0 Å². The predicted molar refractivity (Wildman–Crippen MR) is 309 cm³/mol. The third-order valence-corrected chi connectivity index (χ3v) is 16.0. The van der Waals surface area contributed by atoms with Crippen molar-refractivity contribution < 1.29 is 143 Å². The second kappa shape index (κ2) is 38.4. The number of nitrogens with one attached hydrogen (secondary N) is 10. The number of rotatable bonds is 24. The van der Waals surface area contributed by atoms with Gasteiger partial charge in [-0.3, -0.25) is 48.6 Å². The molecule has 1 aromatic heterocycles. The minimum absolute atomic E-state index is 0. The summed E-state index contributed by atoms with van der Waals surface area (Å²) in [6, 6.07) is 5.01. The van der Waals surface area contributed by atoms with E-state index in [1.807, 2.05) is 13.8 Å². The van der Waals surface area contributed by atoms with E-state index in [0.717, 1.165) is 5.56 Å². The summed E-state index contributed by atoms with van der Waals surface area (Å²) in [7, 11) is 2.47. The molecule has 2 aliphatic heterocycles. The van der Waals surface area contributed by atoms with Crippen LogP contribution in [-0.4, -0.2) is 200 Å². The molecule has 0 bridgehead atoms. The molecule has 85 heavy (non-hydrogen) atoms. The molecule has 2 saturated heterocycles. The van der Waals surface area contributed by atoms with Crippen LogP contribution in [0.4, 0.5) is 0 Å². The molecule has 0 radical (unpaired) electrons. The molecule has 2 aromatic carbocycles. The maximum Gasteiger partial charge on any atom is 0.305 e. The summed E-state index contributed by atoms with van der Waals surface area (Å²) >= 11 is 0. The van der Waals surface area contributed by atoms with Crippen LogP contribution in [0.3, 0.4) is 0 Å². The Labute approximate surface area is 566 Å². The molecule has 470 valence electrons. The number of hydrogen-bond acceptors (Lipinski definition) is 17. The maximum atomic E-state index is 15.0. The van der Waals surface area contributed by atoms with Crippen LogP contribution in [0.5, 0.6) is 5.75 Å². The van der Waals surface area contributed by atoms with Gasteiger partial charge in [0.05, 0.1) is 43.2 Å². The second-order valence-electron chi connectivity index (χ2n) is 20.8. The van der Waals surface area contributed by atoms with E-state index in [1.54, 1.807) is 42.2 Å². The Morgan fingerprint density at radius 3 is 2.02 bits per heavy atom. The average molecular weight is 1510 g/mol. The number of aromatic hydroxyl groups is 1. The fourth-order valence-corrected chi connectivity index (χ4v) is 11.7. The van der Waals surface area contributed by atoms with Gasteiger partial charge in [0.15, 0.2) is 0 Å². The SMILES string of the molecule is [CH2-]C(=O)NCCN(CCNC([CH2-])=O)CC(=O)N[C@@H](Cc1ccccc1)[C@H](O)N[C@@H](Cc1cnc[nH]1)C(=O)N[C@H]1CSSC[C@@H](C)NC(=O)[C@H](CC(C)C)NC(=O)[C@H](CC(=O)O)NC(=O)[C@H](Cc2ccc(O)cc2)NC(=O)[C@@H]2CCCN2C1=O.[Gd].[Gd]. The Morgan fingerprint density at radius 1 is 0.800 bits per heavy atom. The van der Waals surface area contributed by atoms with Gasteiger partial charge in [0.1, 0.15) is 42.2 Å². The summed E-state index contributed by atoms with van der Waals surface area (Å²) in [5, 5.41) is 56.6. The molecule has 0 spiro atoms. The topological polar surface area (TPSA) is 375 Å². The van der Waals surface area contributed by atoms with Gasteiger partial charge in [-0.2, -0.15) is 0 Å². The third kappa shape index (κ3) is 26.6. The molecule has 5 rings (SSSR count). The molecule has 26 nitrogen and oxygen atoms in total. The van der Waals surface area contributed by atoms with Crippen molar-refractivity contribution in [3.8, 4) is 5.75 Å². The number of aromatic nitrogens is 2. The van der Waals surface area contributed by atoms with Gasteiger partial charge < -0.3 is 91.2 Å². The standard InChI is InChI=1S/C55H77N13O13S2.2Gd/c1-32(2)22-40-49(75)60-33(3)29-82-83-30-45(55(81)68-19-9-12-46(68)54(80)65-42(24-37-13-15-39(71)16-14-37)51(77)64-44(26-48(73)74)53(79)62-40)66-52(78)43(25-38-27-56-31-59-38)63-50(76)41(23-36-10-7-6-8-11-36)61-47(72)28-67(20-17-57-34(4)69)21-18-58-35(5)70;;/h6-8,10-11,13-16,27,31-33,40-46,50,63,71,76H,4-5,9,12,17-26,28-30H2,1-3H3,(H,56,59)(H,57,69)(H,58,70)(H,60,75)(H,61,72)(H,62,79)(H,64,77)(H,65,80)(H,66,78)(H,73,74);;/q-2;;/t33-,40+,41+,42+,43+,44+,45+,46+,50+;;/m1../s1. The van der Waals surface area contributed by atoms with Crippen molar-refractivity contribution in [3.05, 3.63) is 97.8 Å². The zero-order valence-corrected chi connectivity index (χ0v) is 53.6. The van der Waals surface area contributed by atoms with Gasteiger partial charge in [-0.1, -0.05) is 77.9 Å². The monoisotopic (exact) mass is 1510 g/mol. The fourth-order valence-electron chi connectivity index (χ4n) is 9.29. The Kier molecular flexibility index (Phi) is 33.6. The van der Waals surface area contributed by atoms with Crippen LogP contribution >= 0.6 is 21.6 Å². The number of phenolic OH excluding ortho intramolecular Hbond substituents is 1. The van der Waals surface area contributed by atoms with Crippen LogP contribution in [-0.2, 0) is 67.2 Å². The zero-order chi connectivity index (χ0) is 60.6. The third-order valence-electron chi connectivity index (χ3n) is 13.4. The number of carbonyl (C=O) groups is 10. The molecule has 0 aliphatic carbocycles. The van der Waals surface area contributed by atoms with Crippen molar-refractivity contribution in [1.82, 2.24) is 67.6 Å². The number of imidazole rings is 1. The zero-order valence-electron chi connectivity index (χ0n) is 47.4. The van der Waals surface area contributed by atoms with Gasteiger partial charge in [0.25, 0.3) is 0 Å². The van der Waals surface area contributed by atoms with Crippen molar-refractivity contribution in [3.63, 3.8) is 0 Å². The Balaban J connectivity index is 0.00000946. The van der Waals surface area contributed by atoms with Gasteiger partial charge in [-0.15, -0.1) is 0 Å². The summed E-state index contributed by atoms with van der Waals surface area (Å²) in [6.45, 7) is 12.5. The van der Waals surface area contributed by atoms with Gasteiger partial charge in [0.2, 0.25) is 41.4 Å². The molecule has 0 saturated carbocycles. The van der Waals surface area contributed by atoms with E-state index in [-0.39, 0.29) is 174 Å². The van der Waals surface area contributed by atoms with Crippen molar-refractivity contribution in [1.29, 1.82) is 0 Å². The molecular weight excluding hydrogens is 1430 g/mol. The number of H-pyrrole nitrogens is 1. The number of fused-ring (bicyclic) bond motifs is 1. The Bertz CT molecular complexity index is 2650. The first-order valence-electron chi connectivity index (χ1n) is 27.3. The smallest absolute Gasteiger partial charge is 0.305 e. The molecule has 0 unspecified atom stereocenters. The Morgan fingerprint density at radius 2 is 1.41 bits per heavy atom. The van der Waals surface area contributed by atoms with E-state index in [2.05, 4.69) is 71.7 Å². The summed E-state index contributed by atoms with van der Waals surface area (Å²) in [6.07, 6.45) is 0.790. The Hall–Kier alpha value is -4.88. The number of carboxylic acids is 1. The van der Waals surface area contributed by atoms with Crippen molar-refractivity contribution >= 4 is 80.7 Å². The van der Waals surface area contributed by atoms with Crippen LogP contribution in [0.15, 0.2) is 67.1 Å². The van der Waals surface area contributed by atoms with E-state index < -0.39 is 120 Å². The quantitative estimate of drug-likeness (QED) is 0.0275. The number of carbonyl (C=O) groups excluding carboxylic acids is 9. The molecule has 2 aliphatic rings. The first-order chi connectivity index (χ1) is 39.5. The molecule has 3 heterocycles. The minimum Gasteiger partial charge on any atom is -0.508 e. The molecule has 30 heteroatoms. The summed E-state index contributed by atoms with van der Waals surface area (Å²) in [5.74, 6) is -7.65. The first-order valence-corrected chi connectivity index (χ1v) is 29.8. The van der Waals surface area contributed by atoms with Crippen molar-refractivity contribution in [2.75, 3.05) is 50.8 Å². The summed E-state index contributed by atoms with van der Waals surface area (Å²) in [5.41, 5.74) is 1.64. The number of aliphatic hydroxyl groups excluding tert-OH is 1. The van der Waals surface area contributed by atoms with E-state index in [0.29, 0.717) is 17.7 Å². The van der Waals surface area contributed by atoms with Crippen LogP contribution < -0.4 is 47.9 Å². The van der Waals surface area contributed by atoms with Gasteiger partial charge in [-0.25, -0.2) is 4.98 Å². The first kappa shape index (κ1) is 74.4. The van der Waals surface area contributed by atoms with E-state index in [9.17, 15) is 58.5 Å². The largest absolute Gasteiger partial charge is 0.508 e. The number of nitrogens with zero attached hydrogens (tertiary/aromatic N) is 3. The molecule has 2 fully saturated rings. The number of carboxylic acid groups (broad SMARTS) is 1. The van der Waals surface area contributed by atoms with Crippen LogP contribution in [0, 0.1) is 99.6 Å². The number of phenols is 1. The number of benzene rings is 2. The van der Waals surface area contributed by atoms with E-state index >= 15 is 4.79 Å². The van der Waals surface area contributed by atoms with Crippen LogP contribution in [0.25, 0.3) is 0 Å². The van der Waals surface area contributed by atoms with Crippen LogP contribution in [0.1, 0.15) is 63.3 Å². The van der Waals surface area contributed by atoms with Gasteiger partial charge >= 0.3 is 5.97 Å². The normalized spacial score (nSPS) is 21.0. The maximum absolute atomic E-state index is 15.0. The fraction of sp³-hybridized carbons (Fsp3) is 0.509. The van der Waals surface area contributed by atoms with Crippen molar-refractivity contribution in [2.24, 2.45) is 5.92 Å². The summed E-state index contributed by atoms with van der Waals surface area (Å²) in [4.78, 5) is 145. The number of hydrogen-bond donors (Lipinski definition) is 13. The van der Waals surface area contributed by atoms with Gasteiger partial charge in [-0.05, 0) is 61.8 Å². The number of aliphatic hydroxyl groups is 1. The number of amides is 9. The molecule has 9 amide bonds. The second-order valence-corrected chi connectivity index (χ2v) is 23.3. The van der Waals surface area contributed by atoms with Crippen molar-refractivity contribution in [2.45, 2.75) is 120 Å². The number of aromatic amines is 1. The number of aliphatic carboxylic acids is 1. The molecular formula is C55H77Gd2N13O13S2-2. The molecule has 9 atom stereocenters. The predicted octanol–water partition coefficient (Wildman–Crippen LogP) is -1.54. The van der Waals surface area contributed by atoms with E-state index in [4.69, 9.17) is 0 Å². The van der Waals surface area contributed by atoms with E-state index in [1.165, 1.54) is 63.3 Å². The summed E-state index contributed by atoms with van der Waals surface area (Å²) < 4.78 is 0. The minimum atomic E-state index is -1.69. The average Bonchev–Trinajstić information content (AvgIpc) is 3.56. The molecule has 13 N–H and O–H groups in total. The van der Waals surface area contributed by atoms with Gasteiger partial charge in [0, 0.05) is 155 Å². The molecule has 3 aromatic rings.